The van der Waals surface area contributed by atoms with Gasteiger partial charge in [0.25, 0.3) is 0 Å². The molecule has 0 aliphatic heterocycles. The van der Waals surface area contributed by atoms with Crippen LogP contribution in [0.3, 0.4) is 0 Å². The van der Waals surface area contributed by atoms with Gasteiger partial charge in [-0.2, -0.15) is 0 Å². The maximum atomic E-state index is 11.6. The maximum Gasteiger partial charge on any atom is 0.343 e. The van der Waals surface area contributed by atoms with E-state index >= 15 is 0 Å². The average Bonchev–Trinajstić information content (AvgIpc) is 2.56. The first kappa shape index (κ1) is 16.2. The van der Waals surface area contributed by atoms with Gasteiger partial charge in [-0.15, -0.1) is 0 Å². The first-order chi connectivity index (χ1) is 11.1. The van der Waals surface area contributed by atoms with Gasteiger partial charge in [-0.1, -0.05) is 38.5 Å². The molecule has 1 aromatic rings. The van der Waals surface area contributed by atoms with Gasteiger partial charge in [-0.3, -0.25) is 0 Å². The van der Waals surface area contributed by atoms with Crippen molar-refractivity contribution in [2.45, 2.75) is 76.0 Å². The number of rotatable bonds is 3. The van der Waals surface area contributed by atoms with Gasteiger partial charge in [0.1, 0.15) is 17.1 Å². The van der Waals surface area contributed by atoms with Crippen LogP contribution >= 0.6 is 0 Å². The lowest BCUT2D eigenvalue weighted by Crippen LogP contribution is -2.12. The lowest BCUT2D eigenvalue weighted by atomic mass is 9.78. The third-order valence-electron chi connectivity index (χ3n) is 5.64. The number of carbonyl (C=O) groups is 1. The van der Waals surface area contributed by atoms with Crippen LogP contribution in [-0.4, -0.2) is 21.3 Å². The molecule has 3 N–H and O–H groups in total. The molecule has 23 heavy (non-hydrogen) atoms. The van der Waals surface area contributed by atoms with Gasteiger partial charge in [0, 0.05) is 0 Å². The van der Waals surface area contributed by atoms with Crippen LogP contribution in [0.2, 0.25) is 0 Å². The summed E-state index contributed by atoms with van der Waals surface area (Å²) in [5.41, 5.74) is 1.18. The molecule has 3 rings (SSSR count). The van der Waals surface area contributed by atoms with Crippen molar-refractivity contribution < 1.29 is 20.1 Å². The normalized spacial score (nSPS) is 20.5. The lowest BCUT2D eigenvalue weighted by molar-refractivity contribution is 0.0689. The number of aromatic hydroxyl groups is 2. The van der Waals surface area contributed by atoms with Crippen LogP contribution in [0.4, 0.5) is 0 Å². The summed E-state index contributed by atoms with van der Waals surface area (Å²) in [5.74, 6) is -1.26. The molecule has 1 aromatic carbocycles. The quantitative estimate of drug-likeness (QED) is 0.741. The van der Waals surface area contributed by atoms with E-state index in [9.17, 15) is 20.1 Å². The van der Waals surface area contributed by atoms with Crippen molar-refractivity contribution in [3.8, 4) is 11.5 Å². The molecule has 2 fully saturated rings. The SMILES string of the molecule is O=C(O)c1c(O)c(C2CCCCC2)cc(C2CCCCC2)c1O. The molecule has 0 radical (unpaired) electrons. The number of carboxylic acid groups (broad SMARTS) is 1. The molecule has 0 atom stereocenters. The number of hydrogen-bond acceptors (Lipinski definition) is 3. The minimum atomic E-state index is -1.24. The number of aromatic carboxylic acids is 1. The summed E-state index contributed by atoms with van der Waals surface area (Å²) in [6, 6.07) is 1.91. The first-order valence-corrected chi connectivity index (χ1v) is 8.91. The van der Waals surface area contributed by atoms with Crippen LogP contribution in [0.25, 0.3) is 0 Å². The van der Waals surface area contributed by atoms with Crippen molar-refractivity contribution in [3.63, 3.8) is 0 Å². The van der Waals surface area contributed by atoms with Crippen LogP contribution < -0.4 is 0 Å². The Morgan fingerprint density at radius 1 is 0.783 bits per heavy atom. The highest BCUT2D eigenvalue weighted by molar-refractivity contribution is 5.95. The second kappa shape index (κ2) is 6.81. The highest BCUT2D eigenvalue weighted by Crippen LogP contribution is 2.47. The van der Waals surface area contributed by atoms with Gasteiger partial charge < -0.3 is 15.3 Å². The van der Waals surface area contributed by atoms with E-state index in [0.717, 1.165) is 62.5 Å². The molecular weight excluding hydrogens is 292 g/mol. The highest BCUT2D eigenvalue weighted by Gasteiger charge is 2.30. The highest BCUT2D eigenvalue weighted by atomic mass is 16.4. The van der Waals surface area contributed by atoms with E-state index in [0.29, 0.717) is 0 Å². The molecule has 2 aliphatic carbocycles. The van der Waals surface area contributed by atoms with Crippen molar-refractivity contribution in [2.75, 3.05) is 0 Å². The van der Waals surface area contributed by atoms with E-state index in [1.807, 2.05) is 6.07 Å². The fraction of sp³-hybridized carbons (Fsp3) is 0.632. The molecule has 2 saturated carbocycles. The van der Waals surface area contributed by atoms with E-state index in [1.54, 1.807) is 0 Å². The third kappa shape index (κ3) is 3.17. The van der Waals surface area contributed by atoms with Gasteiger partial charge in [-0.05, 0) is 54.7 Å². The second-order valence-corrected chi connectivity index (χ2v) is 7.10. The fourth-order valence-electron chi connectivity index (χ4n) is 4.36. The Bertz CT molecular complexity index is 539. The van der Waals surface area contributed by atoms with E-state index in [2.05, 4.69) is 0 Å². The van der Waals surface area contributed by atoms with Crippen molar-refractivity contribution in [3.05, 3.63) is 22.8 Å². The minimum absolute atomic E-state index is 0.213. The molecule has 126 valence electrons. The molecule has 2 aliphatic rings. The summed E-state index contributed by atoms with van der Waals surface area (Å²) >= 11 is 0. The summed E-state index contributed by atoms with van der Waals surface area (Å²) in [7, 11) is 0. The number of hydrogen-bond donors (Lipinski definition) is 3. The Labute approximate surface area is 137 Å². The minimum Gasteiger partial charge on any atom is -0.507 e. The summed E-state index contributed by atoms with van der Waals surface area (Å²) in [5, 5.41) is 30.4. The van der Waals surface area contributed by atoms with Crippen molar-refractivity contribution in [2.24, 2.45) is 0 Å². The Hall–Kier alpha value is -1.71. The van der Waals surface area contributed by atoms with Gasteiger partial charge in [0.05, 0.1) is 0 Å². The molecule has 4 heteroatoms. The molecule has 0 heterocycles. The van der Waals surface area contributed by atoms with Crippen molar-refractivity contribution >= 4 is 5.97 Å². The number of carboxylic acids is 1. The monoisotopic (exact) mass is 318 g/mol. The molecule has 0 amide bonds. The Kier molecular flexibility index (Phi) is 4.79. The molecule has 0 spiro atoms. The molecule has 0 saturated heterocycles. The average molecular weight is 318 g/mol. The molecular formula is C19H26O4. The number of benzene rings is 1. The van der Waals surface area contributed by atoms with Crippen LogP contribution in [0.5, 0.6) is 11.5 Å². The zero-order chi connectivity index (χ0) is 16.4. The summed E-state index contributed by atoms with van der Waals surface area (Å²) < 4.78 is 0. The summed E-state index contributed by atoms with van der Waals surface area (Å²) in [6.45, 7) is 0. The summed E-state index contributed by atoms with van der Waals surface area (Å²) in [6.07, 6.45) is 10.8. The second-order valence-electron chi connectivity index (χ2n) is 7.10. The van der Waals surface area contributed by atoms with E-state index in [-0.39, 0.29) is 28.9 Å². The van der Waals surface area contributed by atoms with Crippen molar-refractivity contribution in [1.29, 1.82) is 0 Å². The lowest BCUT2D eigenvalue weighted by Gasteiger charge is -2.28. The van der Waals surface area contributed by atoms with Gasteiger partial charge in [-0.25, -0.2) is 4.79 Å². The van der Waals surface area contributed by atoms with Gasteiger partial charge in [0.2, 0.25) is 0 Å². The van der Waals surface area contributed by atoms with Gasteiger partial charge in [0.15, 0.2) is 0 Å². The van der Waals surface area contributed by atoms with Crippen LogP contribution in [0.1, 0.15) is 97.5 Å². The Morgan fingerprint density at radius 2 is 1.17 bits per heavy atom. The van der Waals surface area contributed by atoms with E-state index in [1.165, 1.54) is 12.8 Å². The zero-order valence-electron chi connectivity index (χ0n) is 13.6. The fourth-order valence-corrected chi connectivity index (χ4v) is 4.36. The zero-order valence-corrected chi connectivity index (χ0v) is 13.6. The van der Waals surface area contributed by atoms with E-state index in [4.69, 9.17) is 0 Å². The smallest absolute Gasteiger partial charge is 0.343 e. The number of phenols is 2. The Balaban J connectivity index is 2.07. The van der Waals surface area contributed by atoms with Crippen LogP contribution in [-0.2, 0) is 0 Å². The molecule has 4 nitrogen and oxygen atoms in total. The Morgan fingerprint density at radius 3 is 1.52 bits per heavy atom. The van der Waals surface area contributed by atoms with Crippen LogP contribution in [0.15, 0.2) is 6.07 Å². The first-order valence-electron chi connectivity index (χ1n) is 8.91. The molecule has 0 unspecified atom stereocenters. The third-order valence-corrected chi connectivity index (χ3v) is 5.64. The topological polar surface area (TPSA) is 77.8 Å². The molecule has 0 bridgehead atoms. The summed E-state index contributed by atoms with van der Waals surface area (Å²) in [4.78, 5) is 11.6. The predicted molar refractivity (Wildman–Crippen MR) is 88.4 cm³/mol. The van der Waals surface area contributed by atoms with Crippen LogP contribution in [0, 0.1) is 0 Å². The molecule has 0 aromatic heterocycles. The van der Waals surface area contributed by atoms with Gasteiger partial charge >= 0.3 is 5.97 Å². The largest absolute Gasteiger partial charge is 0.507 e. The van der Waals surface area contributed by atoms with Crippen molar-refractivity contribution in [1.82, 2.24) is 0 Å². The standard InChI is InChI=1S/C19H26O4/c20-17-14(12-7-3-1-4-8-12)11-15(13-9-5-2-6-10-13)18(21)16(17)19(22)23/h11-13,20-21H,1-10H2,(H,22,23). The maximum absolute atomic E-state index is 11.6. The predicted octanol–water partition coefficient (Wildman–Crippen LogP) is 4.89. The van der Waals surface area contributed by atoms with E-state index < -0.39 is 5.97 Å².